The highest BCUT2D eigenvalue weighted by Gasteiger charge is 2.28. The van der Waals surface area contributed by atoms with Crippen LogP contribution in [0, 0.1) is 0 Å². The molecule has 0 radical (unpaired) electrons. The number of hydrazine groups is 1. The molecule has 0 saturated carbocycles. The molecule has 2 aliphatic heterocycles. The molecule has 1 N–H and O–H groups in total. The van der Waals surface area contributed by atoms with Crippen molar-refractivity contribution in [1.82, 2.24) is 14.7 Å². The predicted octanol–water partition coefficient (Wildman–Crippen LogP) is 0.0144. The number of likely N-dealkylation sites (tertiary alicyclic amines) is 1. The molecule has 0 spiro atoms. The number of hydrogen-bond donors (Lipinski definition) is 2. The lowest BCUT2D eigenvalue weighted by molar-refractivity contribution is 0.0507. The Balaban J connectivity index is 0.00000180. The minimum atomic E-state index is -2.58. The maximum atomic E-state index is 11.4. The second kappa shape index (κ2) is 8.39. The van der Waals surface area contributed by atoms with E-state index in [1.54, 1.807) is 0 Å². The van der Waals surface area contributed by atoms with Crippen molar-refractivity contribution >= 4 is 23.3 Å². The molecule has 0 aromatic carbocycles. The lowest BCUT2D eigenvalue weighted by Gasteiger charge is -2.37. The van der Waals surface area contributed by atoms with E-state index in [0.717, 1.165) is 38.8 Å². The van der Waals surface area contributed by atoms with E-state index < -0.39 is 10.9 Å². The third-order valence-corrected chi connectivity index (χ3v) is 4.45. The van der Waals surface area contributed by atoms with Gasteiger partial charge in [0.2, 0.25) is 10.9 Å². The van der Waals surface area contributed by atoms with Crippen molar-refractivity contribution < 1.29 is 13.2 Å². The second-order valence-electron chi connectivity index (χ2n) is 5.16. The molecule has 1 unspecified atom stereocenters. The van der Waals surface area contributed by atoms with Crippen LogP contribution in [-0.2, 0) is 15.6 Å². The normalized spacial score (nSPS) is 26.6. The maximum absolute atomic E-state index is 11.4. The summed E-state index contributed by atoms with van der Waals surface area (Å²) < 4.78 is 29.6. The topological polar surface area (TPSA) is 61.9 Å². The van der Waals surface area contributed by atoms with Crippen LogP contribution in [0.15, 0.2) is 0 Å². The van der Waals surface area contributed by atoms with Crippen LogP contribution in [0.4, 0.5) is 0 Å². The average molecular weight is 314 g/mol. The van der Waals surface area contributed by atoms with Gasteiger partial charge in [0.25, 0.3) is 0 Å². The van der Waals surface area contributed by atoms with Gasteiger partial charge in [0.1, 0.15) is 0 Å². The highest BCUT2D eigenvalue weighted by atomic mass is 35.5. The highest BCUT2D eigenvalue weighted by molar-refractivity contribution is 7.69. The number of nitrogens with zero attached hydrogens (tertiary/aromatic N) is 2. The number of piperidine rings is 1. The Kier molecular flexibility index (Phi) is 7.56. The average Bonchev–Trinajstić information content (AvgIpc) is 2.37. The van der Waals surface area contributed by atoms with Gasteiger partial charge < -0.3 is 9.64 Å². The molecular formula is C11H24ClN3O3S. The summed E-state index contributed by atoms with van der Waals surface area (Å²) in [4.78, 5) is 2.19. The first-order valence-corrected chi connectivity index (χ1v) is 7.76. The Labute approximate surface area is 122 Å². The lowest BCUT2D eigenvalue weighted by atomic mass is 10.1. The third kappa shape index (κ3) is 5.17. The molecule has 2 aliphatic rings. The Bertz CT molecular complexity index is 329. The summed E-state index contributed by atoms with van der Waals surface area (Å²) in [6, 6.07) is 0.284. The monoisotopic (exact) mass is 313 g/mol. The van der Waals surface area contributed by atoms with Gasteiger partial charge in [-0.2, -0.15) is 0 Å². The van der Waals surface area contributed by atoms with Crippen LogP contribution < -0.4 is 5.43 Å². The van der Waals surface area contributed by atoms with Gasteiger partial charge in [-0.15, -0.1) is 16.8 Å². The van der Waals surface area contributed by atoms with Gasteiger partial charge >= 0.3 is 0 Å². The molecule has 2 fully saturated rings. The van der Waals surface area contributed by atoms with Gasteiger partial charge in [0, 0.05) is 25.8 Å². The summed E-state index contributed by atoms with van der Waals surface area (Å²) >= 11 is 0. The molecule has 19 heavy (non-hydrogen) atoms. The van der Waals surface area contributed by atoms with Gasteiger partial charge in [0.15, 0.2) is 0 Å². The van der Waals surface area contributed by atoms with Crippen molar-refractivity contribution in [2.75, 3.05) is 33.4 Å². The molecule has 114 valence electrons. The summed E-state index contributed by atoms with van der Waals surface area (Å²) in [6.07, 6.45) is 3.74. The van der Waals surface area contributed by atoms with Crippen LogP contribution >= 0.6 is 12.4 Å². The fourth-order valence-electron chi connectivity index (χ4n) is 2.64. The molecule has 0 aromatic rings. The van der Waals surface area contributed by atoms with Crippen molar-refractivity contribution in [1.29, 1.82) is 0 Å². The Morgan fingerprint density at radius 1 is 1.26 bits per heavy atom. The van der Waals surface area contributed by atoms with Crippen molar-refractivity contribution in [3.63, 3.8) is 0 Å². The van der Waals surface area contributed by atoms with Crippen LogP contribution in [0.2, 0.25) is 0 Å². The first-order chi connectivity index (χ1) is 8.66. The van der Waals surface area contributed by atoms with E-state index >= 15 is 0 Å². The Morgan fingerprint density at radius 3 is 2.53 bits per heavy atom. The van der Waals surface area contributed by atoms with Gasteiger partial charge in [-0.1, -0.05) is 0 Å². The van der Waals surface area contributed by atoms with Crippen LogP contribution in [0.1, 0.15) is 25.7 Å². The lowest BCUT2D eigenvalue weighted by Crippen LogP contribution is -2.55. The standard InChI is InChI=1S/C11H23N3O3S.ClH/c1-13-6-2-3-11(9-13)14(18(15)16)12-10-4-7-17-8-5-10;/h10-12,18H,2-9H2,1H3;1H. The Morgan fingerprint density at radius 2 is 1.95 bits per heavy atom. The molecule has 0 bridgehead atoms. The SMILES string of the molecule is CN1CCCC(N(NC2CCOCC2)[SH](=O)=O)C1.Cl. The fraction of sp³-hybridized carbons (Fsp3) is 1.00. The summed E-state index contributed by atoms with van der Waals surface area (Å²) in [7, 11) is -0.538. The smallest absolute Gasteiger partial charge is 0.217 e. The number of ether oxygens (including phenoxy) is 1. The van der Waals surface area contributed by atoms with Crippen molar-refractivity contribution in [2.24, 2.45) is 0 Å². The van der Waals surface area contributed by atoms with Crippen LogP contribution in [0.3, 0.4) is 0 Å². The highest BCUT2D eigenvalue weighted by Crippen LogP contribution is 2.15. The minimum absolute atomic E-state index is 0. The van der Waals surface area contributed by atoms with Gasteiger partial charge in [0.05, 0.1) is 6.04 Å². The first kappa shape index (κ1) is 17.1. The molecule has 2 heterocycles. The zero-order chi connectivity index (χ0) is 13.0. The summed E-state index contributed by atoms with van der Waals surface area (Å²) in [5.41, 5.74) is 3.18. The zero-order valence-electron chi connectivity index (χ0n) is 11.3. The number of rotatable bonds is 4. The van der Waals surface area contributed by atoms with Crippen molar-refractivity contribution in [2.45, 2.75) is 37.8 Å². The van der Waals surface area contributed by atoms with E-state index in [1.165, 1.54) is 4.41 Å². The molecule has 2 saturated heterocycles. The van der Waals surface area contributed by atoms with E-state index in [-0.39, 0.29) is 24.5 Å². The van der Waals surface area contributed by atoms with Crippen molar-refractivity contribution in [3.8, 4) is 0 Å². The maximum Gasteiger partial charge on any atom is 0.217 e. The number of nitrogens with one attached hydrogen (secondary N) is 1. The quantitative estimate of drug-likeness (QED) is 0.566. The molecule has 1 atom stereocenters. The van der Waals surface area contributed by atoms with Crippen molar-refractivity contribution in [3.05, 3.63) is 0 Å². The molecule has 2 rings (SSSR count). The van der Waals surface area contributed by atoms with E-state index in [0.29, 0.717) is 13.2 Å². The molecular weight excluding hydrogens is 290 g/mol. The molecule has 6 nitrogen and oxygen atoms in total. The van der Waals surface area contributed by atoms with Gasteiger partial charge in [-0.3, -0.25) is 0 Å². The minimum Gasteiger partial charge on any atom is -0.381 e. The molecule has 0 aliphatic carbocycles. The number of likely N-dealkylation sites (N-methyl/N-ethyl adjacent to an activating group) is 1. The molecule has 0 aromatic heterocycles. The van der Waals surface area contributed by atoms with Gasteiger partial charge in [-0.05, 0) is 39.3 Å². The molecule has 8 heteroatoms. The van der Waals surface area contributed by atoms with E-state index in [1.807, 2.05) is 7.05 Å². The number of hydrogen-bond acceptors (Lipinski definition) is 5. The first-order valence-electron chi connectivity index (χ1n) is 6.63. The van der Waals surface area contributed by atoms with Crippen LogP contribution in [-0.4, -0.2) is 63.2 Å². The number of halogens is 1. The number of thiol groups is 1. The summed E-state index contributed by atoms with van der Waals surface area (Å²) in [5, 5.41) is 0. The van der Waals surface area contributed by atoms with Crippen LogP contribution in [0.25, 0.3) is 0 Å². The Hall–Kier alpha value is 0.0800. The predicted molar refractivity (Wildman–Crippen MR) is 76.9 cm³/mol. The zero-order valence-corrected chi connectivity index (χ0v) is 13.0. The largest absolute Gasteiger partial charge is 0.381 e. The van der Waals surface area contributed by atoms with E-state index in [4.69, 9.17) is 4.74 Å². The summed E-state index contributed by atoms with van der Waals surface area (Å²) in [6.45, 7) is 3.29. The third-order valence-electron chi connectivity index (χ3n) is 3.66. The molecule has 0 amide bonds. The van der Waals surface area contributed by atoms with Gasteiger partial charge in [-0.25, -0.2) is 13.8 Å². The van der Waals surface area contributed by atoms with E-state index in [9.17, 15) is 8.42 Å². The van der Waals surface area contributed by atoms with Crippen LogP contribution in [0.5, 0.6) is 0 Å². The fourth-order valence-corrected chi connectivity index (χ4v) is 3.35. The second-order valence-corrected chi connectivity index (χ2v) is 6.06. The summed E-state index contributed by atoms with van der Waals surface area (Å²) in [5.74, 6) is 0. The van der Waals surface area contributed by atoms with E-state index in [2.05, 4.69) is 10.3 Å².